The summed E-state index contributed by atoms with van der Waals surface area (Å²) in [7, 11) is 0. The second-order valence-corrected chi connectivity index (χ2v) is 6.42. The number of para-hydroxylation sites is 2. The van der Waals surface area contributed by atoms with Gasteiger partial charge in [0.2, 0.25) is 11.8 Å². The van der Waals surface area contributed by atoms with E-state index < -0.39 is 0 Å². The number of imidazole rings is 1. The summed E-state index contributed by atoms with van der Waals surface area (Å²) in [6.45, 7) is 4.27. The lowest BCUT2D eigenvalue weighted by Crippen LogP contribution is -2.02. The first-order valence-electron chi connectivity index (χ1n) is 7.92. The number of thioether (sulfide) groups is 1. The standard InChI is InChI=1S/C19H16N4OS/c1-2-12-25-19-20-15-10-6-7-11-16(15)23(19)13-17-21-22-18(24-17)14-8-4-3-5-9-14/h2-11H,1,12-13H2. The van der Waals surface area contributed by atoms with Gasteiger partial charge in [-0.25, -0.2) is 4.98 Å². The Morgan fingerprint density at radius 3 is 2.68 bits per heavy atom. The molecule has 25 heavy (non-hydrogen) atoms. The normalized spacial score (nSPS) is 11.0. The Balaban J connectivity index is 1.68. The topological polar surface area (TPSA) is 56.7 Å². The van der Waals surface area contributed by atoms with Gasteiger partial charge in [-0.15, -0.1) is 16.8 Å². The van der Waals surface area contributed by atoms with Crippen molar-refractivity contribution in [3.8, 4) is 11.5 Å². The van der Waals surface area contributed by atoms with Gasteiger partial charge in [0.1, 0.15) is 6.54 Å². The van der Waals surface area contributed by atoms with Crippen molar-refractivity contribution >= 4 is 22.8 Å². The number of benzene rings is 2. The molecule has 0 saturated heterocycles. The van der Waals surface area contributed by atoms with Gasteiger partial charge in [-0.3, -0.25) is 0 Å². The van der Waals surface area contributed by atoms with Crippen LogP contribution in [-0.4, -0.2) is 25.5 Å². The van der Waals surface area contributed by atoms with E-state index in [0.29, 0.717) is 18.3 Å². The average Bonchev–Trinajstić information content (AvgIpc) is 3.26. The Bertz CT molecular complexity index is 1010. The highest BCUT2D eigenvalue weighted by atomic mass is 32.2. The van der Waals surface area contributed by atoms with Crippen molar-refractivity contribution in [1.82, 2.24) is 19.7 Å². The number of aromatic nitrogens is 4. The van der Waals surface area contributed by atoms with Gasteiger partial charge in [-0.1, -0.05) is 48.2 Å². The predicted molar refractivity (Wildman–Crippen MR) is 99.5 cm³/mol. The zero-order valence-corrected chi connectivity index (χ0v) is 14.3. The fourth-order valence-electron chi connectivity index (χ4n) is 2.60. The molecule has 0 saturated carbocycles. The van der Waals surface area contributed by atoms with Gasteiger partial charge in [0.05, 0.1) is 11.0 Å². The van der Waals surface area contributed by atoms with Gasteiger partial charge in [0, 0.05) is 11.3 Å². The van der Waals surface area contributed by atoms with Crippen LogP contribution in [0.25, 0.3) is 22.5 Å². The molecule has 2 aromatic carbocycles. The number of nitrogens with zero attached hydrogens (tertiary/aromatic N) is 4. The molecule has 6 heteroatoms. The van der Waals surface area contributed by atoms with Crippen LogP contribution >= 0.6 is 11.8 Å². The van der Waals surface area contributed by atoms with Crippen molar-refractivity contribution < 1.29 is 4.42 Å². The zero-order chi connectivity index (χ0) is 17.1. The fraction of sp³-hybridized carbons (Fsp3) is 0.105. The van der Waals surface area contributed by atoms with Crippen molar-refractivity contribution in [3.63, 3.8) is 0 Å². The second-order valence-electron chi connectivity index (χ2n) is 5.44. The highest BCUT2D eigenvalue weighted by Gasteiger charge is 2.15. The maximum atomic E-state index is 5.85. The number of fused-ring (bicyclic) bond motifs is 1. The molecule has 0 unspecified atom stereocenters. The minimum absolute atomic E-state index is 0.486. The Morgan fingerprint density at radius 1 is 1.04 bits per heavy atom. The molecule has 0 aliphatic carbocycles. The molecule has 0 N–H and O–H groups in total. The Kier molecular flexibility index (Phi) is 4.35. The highest BCUT2D eigenvalue weighted by molar-refractivity contribution is 7.99. The van der Waals surface area contributed by atoms with Crippen molar-refractivity contribution in [1.29, 1.82) is 0 Å². The largest absolute Gasteiger partial charge is 0.419 e. The van der Waals surface area contributed by atoms with Crippen LogP contribution in [0.1, 0.15) is 5.89 Å². The first kappa shape index (κ1) is 15.7. The molecular weight excluding hydrogens is 332 g/mol. The van der Waals surface area contributed by atoms with Gasteiger partial charge >= 0.3 is 0 Å². The van der Waals surface area contributed by atoms with Crippen molar-refractivity contribution in [2.75, 3.05) is 5.75 Å². The molecule has 0 fully saturated rings. The van der Waals surface area contributed by atoms with E-state index in [0.717, 1.165) is 27.5 Å². The van der Waals surface area contributed by atoms with E-state index in [1.807, 2.05) is 54.6 Å². The summed E-state index contributed by atoms with van der Waals surface area (Å²) >= 11 is 1.64. The van der Waals surface area contributed by atoms with Crippen LogP contribution in [0.3, 0.4) is 0 Å². The van der Waals surface area contributed by atoms with Gasteiger partial charge in [0.25, 0.3) is 0 Å². The van der Waals surface area contributed by atoms with E-state index in [1.165, 1.54) is 0 Å². The van der Waals surface area contributed by atoms with Crippen molar-refractivity contribution in [3.05, 3.63) is 73.1 Å². The number of rotatable bonds is 6. The Morgan fingerprint density at radius 2 is 1.84 bits per heavy atom. The monoisotopic (exact) mass is 348 g/mol. The third-order valence-electron chi connectivity index (χ3n) is 3.73. The average molecular weight is 348 g/mol. The third-order valence-corrected chi connectivity index (χ3v) is 4.70. The fourth-order valence-corrected chi connectivity index (χ4v) is 3.35. The second kappa shape index (κ2) is 6.94. The van der Waals surface area contributed by atoms with Gasteiger partial charge in [-0.2, -0.15) is 0 Å². The molecular formula is C19H16N4OS. The van der Waals surface area contributed by atoms with Crippen molar-refractivity contribution in [2.45, 2.75) is 11.7 Å². The SMILES string of the molecule is C=CCSc1nc2ccccc2n1Cc1nnc(-c2ccccc2)o1. The van der Waals surface area contributed by atoms with Crippen LogP contribution in [0.15, 0.2) is 76.8 Å². The van der Waals surface area contributed by atoms with Crippen LogP contribution in [0.5, 0.6) is 0 Å². The summed E-state index contributed by atoms with van der Waals surface area (Å²) in [5.41, 5.74) is 2.92. The molecule has 124 valence electrons. The molecule has 0 aliphatic heterocycles. The molecule has 2 heterocycles. The summed E-state index contributed by atoms with van der Waals surface area (Å²) in [4.78, 5) is 4.70. The lowest BCUT2D eigenvalue weighted by atomic mass is 10.2. The maximum Gasteiger partial charge on any atom is 0.247 e. The van der Waals surface area contributed by atoms with E-state index in [9.17, 15) is 0 Å². The molecule has 4 aromatic rings. The van der Waals surface area contributed by atoms with E-state index in [1.54, 1.807) is 11.8 Å². The summed E-state index contributed by atoms with van der Waals surface area (Å²) in [5, 5.41) is 9.28. The summed E-state index contributed by atoms with van der Waals surface area (Å²) < 4.78 is 7.95. The Hall–Kier alpha value is -2.86. The van der Waals surface area contributed by atoms with Crippen LogP contribution in [-0.2, 0) is 6.54 Å². The lowest BCUT2D eigenvalue weighted by Gasteiger charge is -2.05. The van der Waals surface area contributed by atoms with E-state index in [-0.39, 0.29) is 0 Å². The predicted octanol–water partition coefficient (Wildman–Crippen LogP) is 4.41. The minimum atomic E-state index is 0.486. The van der Waals surface area contributed by atoms with Crippen LogP contribution in [0.2, 0.25) is 0 Å². The molecule has 0 atom stereocenters. The number of hydrogen-bond donors (Lipinski definition) is 0. The van der Waals surface area contributed by atoms with Gasteiger partial charge in [0.15, 0.2) is 5.16 Å². The van der Waals surface area contributed by atoms with Crippen LogP contribution in [0, 0.1) is 0 Å². The minimum Gasteiger partial charge on any atom is -0.419 e. The van der Waals surface area contributed by atoms with Crippen LogP contribution in [0.4, 0.5) is 0 Å². The molecule has 4 rings (SSSR count). The first-order valence-corrected chi connectivity index (χ1v) is 8.90. The lowest BCUT2D eigenvalue weighted by molar-refractivity contribution is 0.482. The zero-order valence-electron chi connectivity index (χ0n) is 13.5. The van der Waals surface area contributed by atoms with Crippen molar-refractivity contribution in [2.24, 2.45) is 0 Å². The maximum absolute atomic E-state index is 5.85. The molecule has 0 aliphatic rings. The third kappa shape index (κ3) is 3.21. The van der Waals surface area contributed by atoms with E-state index in [2.05, 4.69) is 27.4 Å². The summed E-state index contributed by atoms with van der Waals surface area (Å²) in [6, 6.07) is 17.8. The van der Waals surface area contributed by atoms with Gasteiger partial charge in [-0.05, 0) is 24.3 Å². The van der Waals surface area contributed by atoms with Crippen LogP contribution < -0.4 is 0 Å². The molecule has 0 spiro atoms. The molecule has 0 bridgehead atoms. The summed E-state index contributed by atoms with van der Waals surface area (Å²) in [6.07, 6.45) is 1.87. The highest BCUT2D eigenvalue weighted by Crippen LogP contribution is 2.26. The summed E-state index contributed by atoms with van der Waals surface area (Å²) in [5.74, 6) is 1.88. The smallest absolute Gasteiger partial charge is 0.247 e. The quantitative estimate of drug-likeness (QED) is 0.381. The van der Waals surface area contributed by atoms with Gasteiger partial charge < -0.3 is 8.98 Å². The first-order chi connectivity index (χ1) is 12.3. The molecule has 0 radical (unpaired) electrons. The Labute approximate surface area is 149 Å². The molecule has 2 aromatic heterocycles. The number of hydrogen-bond acceptors (Lipinski definition) is 5. The molecule has 5 nitrogen and oxygen atoms in total. The molecule has 0 amide bonds. The van der Waals surface area contributed by atoms with E-state index in [4.69, 9.17) is 9.40 Å². The van der Waals surface area contributed by atoms with E-state index >= 15 is 0 Å².